The molecular weight excluding hydrogens is 424 g/mol. The van der Waals surface area contributed by atoms with Crippen LogP contribution < -0.4 is 15.0 Å². The van der Waals surface area contributed by atoms with E-state index in [1.165, 1.54) is 16.9 Å². The van der Waals surface area contributed by atoms with Gasteiger partial charge >= 0.3 is 0 Å². The molecule has 0 saturated carbocycles. The van der Waals surface area contributed by atoms with E-state index in [1.807, 2.05) is 54.3 Å². The van der Waals surface area contributed by atoms with Crippen molar-refractivity contribution >= 4 is 34.0 Å². The summed E-state index contributed by atoms with van der Waals surface area (Å²) in [5.74, 6) is 0.744. The molecule has 0 radical (unpaired) electrons. The first kappa shape index (κ1) is 22.0. The van der Waals surface area contributed by atoms with Gasteiger partial charge in [0.1, 0.15) is 10.8 Å². The lowest BCUT2D eigenvalue weighted by Gasteiger charge is -2.17. The SMILES string of the molecule is COc1ccc(CCC(=O)Nc2nnc(C3CC(=O)N(c4ccc(C)c(C)c4)C3)s2)cc1. The number of rotatable bonds is 7. The van der Waals surface area contributed by atoms with Crippen LogP contribution in [0.15, 0.2) is 42.5 Å². The second kappa shape index (κ2) is 9.48. The highest BCUT2D eigenvalue weighted by molar-refractivity contribution is 7.15. The topological polar surface area (TPSA) is 84.4 Å². The number of nitrogens with zero attached hydrogens (tertiary/aromatic N) is 3. The van der Waals surface area contributed by atoms with Gasteiger partial charge in [-0.3, -0.25) is 9.59 Å². The third-order valence-corrected chi connectivity index (χ3v) is 6.76. The molecule has 1 aliphatic rings. The quantitative estimate of drug-likeness (QED) is 0.582. The number of carbonyl (C=O) groups is 2. The van der Waals surface area contributed by atoms with E-state index < -0.39 is 0 Å². The van der Waals surface area contributed by atoms with E-state index in [0.717, 1.165) is 27.6 Å². The summed E-state index contributed by atoms with van der Waals surface area (Å²) in [7, 11) is 1.63. The van der Waals surface area contributed by atoms with Gasteiger partial charge in [-0.15, -0.1) is 10.2 Å². The molecule has 1 fully saturated rings. The molecule has 7 nitrogen and oxygen atoms in total. The van der Waals surface area contributed by atoms with Crippen LogP contribution in [-0.4, -0.2) is 35.7 Å². The van der Waals surface area contributed by atoms with Crippen molar-refractivity contribution in [2.24, 2.45) is 0 Å². The summed E-state index contributed by atoms with van der Waals surface area (Å²) in [6.07, 6.45) is 1.38. The summed E-state index contributed by atoms with van der Waals surface area (Å²) in [6, 6.07) is 13.7. The molecule has 0 bridgehead atoms. The number of anilines is 2. The van der Waals surface area contributed by atoms with Crippen molar-refractivity contribution in [2.75, 3.05) is 23.9 Å². The van der Waals surface area contributed by atoms with E-state index in [-0.39, 0.29) is 17.7 Å². The molecule has 1 unspecified atom stereocenters. The molecule has 3 aromatic rings. The van der Waals surface area contributed by atoms with Crippen molar-refractivity contribution in [3.8, 4) is 5.75 Å². The zero-order chi connectivity index (χ0) is 22.7. The van der Waals surface area contributed by atoms with Crippen LogP contribution in [0.4, 0.5) is 10.8 Å². The first-order valence-corrected chi connectivity index (χ1v) is 11.4. The van der Waals surface area contributed by atoms with Gasteiger partial charge in [-0.05, 0) is 61.2 Å². The molecule has 2 heterocycles. The fourth-order valence-electron chi connectivity index (χ4n) is 3.70. The van der Waals surface area contributed by atoms with Crippen LogP contribution in [0.2, 0.25) is 0 Å². The molecule has 0 spiro atoms. The molecule has 1 saturated heterocycles. The van der Waals surface area contributed by atoms with E-state index in [1.54, 1.807) is 7.11 Å². The van der Waals surface area contributed by atoms with Crippen molar-refractivity contribution in [3.63, 3.8) is 0 Å². The van der Waals surface area contributed by atoms with Crippen LogP contribution >= 0.6 is 11.3 Å². The molecule has 1 N–H and O–H groups in total. The van der Waals surface area contributed by atoms with Gasteiger partial charge in [0.25, 0.3) is 0 Å². The summed E-state index contributed by atoms with van der Waals surface area (Å²) >= 11 is 1.34. The molecular formula is C24H26N4O3S. The van der Waals surface area contributed by atoms with Gasteiger partial charge in [-0.1, -0.05) is 29.5 Å². The van der Waals surface area contributed by atoms with Gasteiger partial charge in [-0.2, -0.15) is 0 Å². The van der Waals surface area contributed by atoms with Crippen LogP contribution in [0, 0.1) is 13.8 Å². The number of hydrogen-bond donors (Lipinski definition) is 1. The lowest BCUT2D eigenvalue weighted by atomic mass is 10.1. The Morgan fingerprint density at radius 1 is 1.16 bits per heavy atom. The Bertz CT molecular complexity index is 1130. The second-order valence-electron chi connectivity index (χ2n) is 8.02. The number of nitrogens with one attached hydrogen (secondary N) is 1. The molecule has 1 aromatic heterocycles. The van der Waals surface area contributed by atoms with Crippen LogP contribution in [-0.2, 0) is 16.0 Å². The minimum absolute atomic E-state index is 0.0217. The van der Waals surface area contributed by atoms with Crippen molar-refractivity contribution in [3.05, 3.63) is 64.2 Å². The molecule has 4 rings (SSSR count). The number of methoxy groups -OCH3 is 1. The maximum absolute atomic E-state index is 12.6. The number of benzene rings is 2. The lowest BCUT2D eigenvalue weighted by molar-refractivity contribution is -0.117. The maximum Gasteiger partial charge on any atom is 0.227 e. The number of carbonyl (C=O) groups excluding carboxylic acids is 2. The first-order chi connectivity index (χ1) is 15.4. The molecule has 1 aliphatic heterocycles. The predicted octanol–water partition coefficient (Wildman–Crippen LogP) is 4.26. The van der Waals surface area contributed by atoms with Crippen LogP contribution in [0.5, 0.6) is 5.75 Å². The number of hydrogen-bond acceptors (Lipinski definition) is 6. The Balaban J connectivity index is 1.33. The van der Waals surface area contributed by atoms with Gasteiger partial charge in [0.05, 0.1) is 7.11 Å². The summed E-state index contributed by atoms with van der Waals surface area (Å²) in [4.78, 5) is 26.7. The van der Waals surface area contributed by atoms with E-state index in [2.05, 4.69) is 22.4 Å². The third kappa shape index (κ3) is 4.96. The summed E-state index contributed by atoms with van der Waals surface area (Å²) in [5, 5.41) is 12.4. The van der Waals surface area contributed by atoms with Crippen LogP contribution in [0.1, 0.15) is 40.5 Å². The Morgan fingerprint density at radius 2 is 1.94 bits per heavy atom. The van der Waals surface area contributed by atoms with Crippen molar-refractivity contribution in [2.45, 2.75) is 39.0 Å². The Hall–Kier alpha value is -3.26. The van der Waals surface area contributed by atoms with Gasteiger partial charge in [0, 0.05) is 31.0 Å². The lowest BCUT2D eigenvalue weighted by Crippen LogP contribution is -2.24. The zero-order valence-electron chi connectivity index (χ0n) is 18.4. The number of aromatic nitrogens is 2. The number of amides is 2. The predicted molar refractivity (Wildman–Crippen MR) is 125 cm³/mol. The fourth-order valence-corrected chi connectivity index (χ4v) is 4.55. The van der Waals surface area contributed by atoms with E-state index in [0.29, 0.717) is 30.9 Å². The monoisotopic (exact) mass is 450 g/mol. The van der Waals surface area contributed by atoms with Crippen LogP contribution in [0.3, 0.4) is 0 Å². The van der Waals surface area contributed by atoms with Gasteiger partial charge in [0.15, 0.2) is 0 Å². The average molecular weight is 451 g/mol. The molecule has 32 heavy (non-hydrogen) atoms. The van der Waals surface area contributed by atoms with E-state index in [4.69, 9.17) is 4.74 Å². The smallest absolute Gasteiger partial charge is 0.227 e. The number of ether oxygens (including phenoxy) is 1. The minimum atomic E-state index is -0.109. The van der Waals surface area contributed by atoms with Gasteiger partial charge in [0.2, 0.25) is 16.9 Å². The van der Waals surface area contributed by atoms with Crippen molar-refractivity contribution < 1.29 is 14.3 Å². The summed E-state index contributed by atoms with van der Waals surface area (Å²) < 4.78 is 5.15. The standard InChI is InChI=1S/C24H26N4O3S/c1-15-4-8-19(12-16(15)2)28-14-18(13-22(28)30)23-26-27-24(32-23)25-21(29)11-7-17-5-9-20(31-3)10-6-17/h4-6,8-10,12,18H,7,11,13-14H2,1-3H3,(H,25,27,29). The van der Waals surface area contributed by atoms with Gasteiger partial charge < -0.3 is 15.0 Å². The maximum atomic E-state index is 12.6. The molecule has 2 amide bonds. The summed E-state index contributed by atoms with van der Waals surface area (Å²) in [6.45, 7) is 4.67. The summed E-state index contributed by atoms with van der Waals surface area (Å²) in [5.41, 5.74) is 4.34. The Labute approximate surface area is 191 Å². The molecule has 166 valence electrons. The fraction of sp³-hybridized carbons (Fsp3) is 0.333. The normalized spacial score (nSPS) is 15.8. The van der Waals surface area contributed by atoms with E-state index >= 15 is 0 Å². The minimum Gasteiger partial charge on any atom is -0.497 e. The third-order valence-electron chi connectivity index (χ3n) is 5.76. The molecule has 8 heteroatoms. The van der Waals surface area contributed by atoms with E-state index in [9.17, 15) is 9.59 Å². The van der Waals surface area contributed by atoms with Crippen molar-refractivity contribution in [1.29, 1.82) is 0 Å². The highest BCUT2D eigenvalue weighted by Gasteiger charge is 2.34. The highest BCUT2D eigenvalue weighted by atomic mass is 32.1. The second-order valence-corrected chi connectivity index (χ2v) is 9.02. The largest absolute Gasteiger partial charge is 0.497 e. The zero-order valence-corrected chi connectivity index (χ0v) is 19.2. The molecule has 0 aliphatic carbocycles. The Morgan fingerprint density at radius 3 is 2.66 bits per heavy atom. The average Bonchev–Trinajstić information content (AvgIpc) is 3.41. The van der Waals surface area contributed by atoms with Crippen LogP contribution in [0.25, 0.3) is 0 Å². The molecule has 2 aromatic carbocycles. The highest BCUT2D eigenvalue weighted by Crippen LogP contribution is 2.34. The van der Waals surface area contributed by atoms with Crippen molar-refractivity contribution in [1.82, 2.24) is 10.2 Å². The number of aryl methyl sites for hydroxylation is 3. The Kier molecular flexibility index (Phi) is 6.50. The first-order valence-electron chi connectivity index (χ1n) is 10.6. The van der Waals surface area contributed by atoms with Gasteiger partial charge in [-0.25, -0.2) is 0 Å². The molecule has 1 atom stereocenters.